The summed E-state index contributed by atoms with van der Waals surface area (Å²) in [5, 5.41) is 42.6. The first-order valence-corrected chi connectivity index (χ1v) is 14.0. The largest absolute Gasteiger partial charge is 0.506 e. The number of aromatic hydroxyl groups is 2. The van der Waals surface area contributed by atoms with Crippen LogP contribution in [0.3, 0.4) is 0 Å². The highest BCUT2D eigenvalue weighted by atomic mass is 32.2. The molecule has 0 spiro atoms. The molecule has 0 aliphatic rings. The van der Waals surface area contributed by atoms with E-state index in [2.05, 4.69) is 39.2 Å². The van der Waals surface area contributed by atoms with Gasteiger partial charge in [0, 0.05) is 30.9 Å². The number of benzene rings is 3. The zero-order valence-corrected chi connectivity index (χ0v) is 22.7. The Morgan fingerprint density at radius 3 is 1.92 bits per heavy atom. The Morgan fingerprint density at radius 1 is 0.763 bits per heavy atom. The van der Waals surface area contributed by atoms with Crippen molar-refractivity contribution in [1.29, 1.82) is 0 Å². The Hall–Kier alpha value is -3.83. The van der Waals surface area contributed by atoms with E-state index in [1.165, 1.54) is 30.3 Å². The van der Waals surface area contributed by atoms with Crippen LogP contribution in [0.25, 0.3) is 0 Å². The zero-order chi connectivity index (χ0) is 27.7. The summed E-state index contributed by atoms with van der Waals surface area (Å²) in [6, 6.07) is 14.0. The van der Waals surface area contributed by atoms with Gasteiger partial charge in [0.25, 0.3) is 0 Å². The van der Waals surface area contributed by atoms with E-state index < -0.39 is 10.0 Å². The van der Waals surface area contributed by atoms with E-state index in [-0.39, 0.29) is 22.1 Å². The average molecular weight is 539 g/mol. The Balaban J connectivity index is 1.76. The van der Waals surface area contributed by atoms with E-state index in [4.69, 9.17) is 5.14 Å². The van der Waals surface area contributed by atoms with Crippen LogP contribution in [0.5, 0.6) is 11.5 Å². The molecule has 3 aromatic carbocycles. The van der Waals surface area contributed by atoms with Crippen molar-refractivity contribution in [3.05, 3.63) is 60.2 Å². The van der Waals surface area contributed by atoms with Crippen LogP contribution in [0.15, 0.2) is 79.9 Å². The molecule has 0 fully saturated rings. The molecule has 0 unspecified atom stereocenters. The quantitative estimate of drug-likeness (QED) is 0.207. The monoisotopic (exact) mass is 538 g/mol. The van der Waals surface area contributed by atoms with E-state index in [1.807, 2.05) is 6.07 Å². The van der Waals surface area contributed by atoms with Crippen molar-refractivity contribution in [2.24, 2.45) is 25.6 Å². The second-order valence-corrected chi connectivity index (χ2v) is 10.5. The lowest BCUT2D eigenvalue weighted by Crippen LogP contribution is -2.25. The van der Waals surface area contributed by atoms with Crippen LogP contribution in [0, 0.1) is 6.92 Å². The third-order valence-electron chi connectivity index (χ3n) is 5.88. The molecule has 0 aliphatic carbocycles. The van der Waals surface area contributed by atoms with Crippen LogP contribution in [-0.4, -0.2) is 31.7 Å². The smallest absolute Gasteiger partial charge is 0.238 e. The maximum Gasteiger partial charge on any atom is 0.238 e. The minimum absolute atomic E-state index is 0.0133. The van der Waals surface area contributed by atoms with Crippen molar-refractivity contribution in [1.82, 2.24) is 0 Å². The molecule has 0 saturated heterocycles. The van der Waals surface area contributed by atoms with Gasteiger partial charge in [-0.25, -0.2) is 13.6 Å². The standard InChI is InChI=1S/C27H34N6O4S/c1-4-6-14-33(15-7-5-2)21-10-13-23(26(34)17-21)30-32-25-16-19(3)24(18-27(25)35)31-29-20-8-11-22(12-9-20)38(28,36)37/h8-13,16-18,34-35H,4-7,14-15H2,1-3H3,(H2,28,36,37). The fourth-order valence-corrected chi connectivity index (χ4v) is 4.16. The summed E-state index contributed by atoms with van der Waals surface area (Å²) in [7, 11) is -3.79. The minimum Gasteiger partial charge on any atom is -0.506 e. The first-order chi connectivity index (χ1) is 18.1. The molecule has 0 aromatic heterocycles. The van der Waals surface area contributed by atoms with Crippen molar-refractivity contribution in [2.75, 3.05) is 18.0 Å². The number of phenols is 2. The second kappa shape index (κ2) is 13.1. The predicted octanol–water partition coefficient (Wildman–Crippen LogP) is 7.29. The number of aryl methyl sites for hydroxylation is 1. The Bertz CT molecular complexity index is 1400. The van der Waals surface area contributed by atoms with Crippen LogP contribution in [0.2, 0.25) is 0 Å². The van der Waals surface area contributed by atoms with Crippen molar-refractivity contribution in [3.63, 3.8) is 0 Å². The number of anilines is 1. The average Bonchev–Trinajstić information content (AvgIpc) is 2.88. The van der Waals surface area contributed by atoms with Gasteiger partial charge in [-0.2, -0.15) is 10.2 Å². The van der Waals surface area contributed by atoms with E-state index in [0.717, 1.165) is 44.5 Å². The number of azo groups is 2. The molecule has 0 amide bonds. The van der Waals surface area contributed by atoms with Crippen LogP contribution >= 0.6 is 0 Å². The highest BCUT2D eigenvalue weighted by Crippen LogP contribution is 2.37. The molecule has 0 saturated carbocycles. The molecule has 3 aromatic rings. The maximum absolute atomic E-state index is 11.4. The summed E-state index contributed by atoms with van der Waals surface area (Å²) < 4.78 is 22.7. The summed E-state index contributed by atoms with van der Waals surface area (Å²) in [5.74, 6) is -0.140. The predicted molar refractivity (Wildman–Crippen MR) is 149 cm³/mol. The fourth-order valence-electron chi connectivity index (χ4n) is 3.64. The molecule has 0 aliphatic heterocycles. The van der Waals surface area contributed by atoms with Gasteiger partial charge in [0.2, 0.25) is 10.0 Å². The topological polar surface area (TPSA) is 153 Å². The van der Waals surface area contributed by atoms with Crippen LogP contribution in [0.1, 0.15) is 45.1 Å². The molecule has 0 heterocycles. The lowest BCUT2D eigenvalue weighted by atomic mass is 10.1. The van der Waals surface area contributed by atoms with Gasteiger partial charge < -0.3 is 15.1 Å². The van der Waals surface area contributed by atoms with Crippen LogP contribution < -0.4 is 10.0 Å². The van der Waals surface area contributed by atoms with Gasteiger partial charge in [-0.05, 0) is 67.8 Å². The van der Waals surface area contributed by atoms with Gasteiger partial charge >= 0.3 is 0 Å². The number of nitrogens with two attached hydrogens (primary N) is 1. The highest BCUT2D eigenvalue weighted by Gasteiger charge is 2.11. The minimum atomic E-state index is -3.79. The second-order valence-electron chi connectivity index (χ2n) is 8.93. The molecule has 10 nitrogen and oxygen atoms in total. The third kappa shape index (κ3) is 7.83. The van der Waals surface area contributed by atoms with Crippen molar-refractivity contribution >= 4 is 38.5 Å². The molecule has 11 heteroatoms. The Kier molecular flexibility index (Phi) is 9.91. The number of primary sulfonamides is 1. The Morgan fingerprint density at radius 2 is 1.34 bits per heavy atom. The van der Waals surface area contributed by atoms with E-state index in [1.54, 1.807) is 25.1 Å². The highest BCUT2D eigenvalue weighted by molar-refractivity contribution is 7.89. The van der Waals surface area contributed by atoms with Gasteiger partial charge in [0.1, 0.15) is 22.9 Å². The Labute approximate surface area is 223 Å². The molecule has 4 N–H and O–H groups in total. The van der Waals surface area contributed by atoms with Gasteiger partial charge in [-0.15, -0.1) is 10.2 Å². The van der Waals surface area contributed by atoms with Crippen molar-refractivity contribution < 1.29 is 18.6 Å². The normalized spacial score (nSPS) is 12.0. The molecular formula is C27H34N6O4S. The third-order valence-corrected chi connectivity index (χ3v) is 6.81. The summed E-state index contributed by atoms with van der Waals surface area (Å²) in [4.78, 5) is 2.25. The van der Waals surface area contributed by atoms with E-state index in [0.29, 0.717) is 22.6 Å². The molecule has 3 rings (SSSR count). The number of nitrogens with zero attached hydrogens (tertiary/aromatic N) is 5. The number of hydrogen-bond donors (Lipinski definition) is 3. The molecule has 0 bridgehead atoms. The molecular weight excluding hydrogens is 504 g/mol. The number of sulfonamides is 1. The van der Waals surface area contributed by atoms with Gasteiger partial charge in [-0.1, -0.05) is 26.7 Å². The van der Waals surface area contributed by atoms with Gasteiger partial charge in [0.05, 0.1) is 16.3 Å². The first-order valence-electron chi connectivity index (χ1n) is 12.5. The number of hydrogen-bond acceptors (Lipinski definition) is 9. The molecule has 202 valence electrons. The van der Waals surface area contributed by atoms with Gasteiger partial charge in [0.15, 0.2) is 0 Å². The first kappa shape index (κ1) is 28.7. The van der Waals surface area contributed by atoms with Crippen LogP contribution in [-0.2, 0) is 10.0 Å². The molecule has 0 atom stereocenters. The van der Waals surface area contributed by atoms with Gasteiger partial charge in [-0.3, -0.25) is 0 Å². The fraction of sp³-hybridized carbons (Fsp3) is 0.333. The van der Waals surface area contributed by atoms with E-state index in [9.17, 15) is 18.6 Å². The number of rotatable bonds is 12. The van der Waals surface area contributed by atoms with Crippen molar-refractivity contribution in [2.45, 2.75) is 51.3 Å². The molecule has 38 heavy (non-hydrogen) atoms. The van der Waals surface area contributed by atoms with E-state index >= 15 is 0 Å². The zero-order valence-electron chi connectivity index (χ0n) is 21.9. The summed E-state index contributed by atoms with van der Waals surface area (Å²) >= 11 is 0. The summed E-state index contributed by atoms with van der Waals surface area (Å²) in [6.07, 6.45) is 4.34. The number of unbranched alkanes of at least 4 members (excludes halogenated alkanes) is 2. The maximum atomic E-state index is 11.4. The summed E-state index contributed by atoms with van der Waals surface area (Å²) in [6.45, 7) is 7.94. The SMILES string of the molecule is CCCCN(CCCC)c1ccc(N=Nc2cc(C)c(N=Nc3ccc(S(N)(=O)=O)cc3)cc2O)c(O)c1. The lowest BCUT2D eigenvalue weighted by Gasteiger charge is -2.25. The lowest BCUT2D eigenvalue weighted by molar-refractivity contribution is 0.473. The van der Waals surface area contributed by atoms with Crippen LogP contribution in [0.4, 0.5) is 28.4 Å². The van der Waals surface area contributed by atoms with Crippen molar-refractivity contribution in [3.8, 4) is 11.5 Å². The number of phenolic OH excluding ortho intramolecular Hbond substituents is 2. The molecule has 0 radical (unpaired) electrons. The summed E-state index contributed by atoms with van der Waals surface area (Å²) in [5.41, 5.74) is 2.96.